The molecule has 1 aliphatic rings. The summed E-state index contributed by atoms with van der Waals surface area (Å²) < 4.78 is 12.5. The van der Waals surface area contributed by atoms with Crippen molar-refractivity contribution >= 4 is 61.9 Å². The van der Waals surface area contributed by atoms with Crippen LogP contribution in [-0.4, -0.2) is 23.4 Å². The van der Waals surface area contributed by atoms with E-state index in [0.717, 1.165) is 15.7 Å². The third kappa shape index (κ3) is 4.41. The maximum atomic E-state index is 12.9. The van der Waals surface area contributed by atoms with Crippen LogP contribution >= 0.6 is 39.9 Å². The van der Waals surface area contributed by atoms with Gasteiger partial charge in [0.25, 0.3) is 5.91 Å². The standard InChI is InChI=1S/C21H16BrNO3S2/c1-3-10-26-18-13-16(22)14(11-17(18)25-4-2)12-19-20(24)23(21(27)28-19)15-8-6-5-7-9-15/h1,5-9,11-13H,4,10H2,2H3/b19-12+. The average molecular weight is 474 g/mol. The first-order valence-electron chi connectivity index (χ1n) is 8.40. The summed E-state index contributed by atoms with van der Waals surface area (Å²) in [6.07, 6.45) is 7.06. The number of hydrogen-bond donors (Lipinski definition) is 0. The molecule has 1 aliphatic heterocycles. The van der Waals surface area contributed by atoms with Crippen molar-refractivity contribution < 1.29 is 14.3 Å². The number of carbonyl (C=O) groups is 1. The zero-order chi connectivity index (χ0) is 20.1. The van der Waals surface area contributed by atoms with Crippen LogP contribution in [0.25, 0.3) is 6.08 Å². The number of anilines is 1. The highest BCUT2D eigenvalue weighted by molar-refractivity contribution is 9.10. The van der Waals surface area contributed by atoms with E-state index < -0.39 is 0 Å². The van der Waals surface area contributed by atoms with Crippen LogP contribution in [-0.2, 0) is 4.79 Å². The average Bonchev–Trinajstić information content (AvgIpc) is 2.97. The van der Waals surface area contributed by atoms with E-state index in [0.29, 0.717) is 27.3 Å². The van der Waals surface area contributed by atoms with Gasteiger partial charge < -0.3 is 9.47 Å². The summed E-state index contributed by atoms with van der Waals surface area (Å²) in [7, 11) is 0. The Bertz CT molecular complexity index is 983. The number of amides is 1. The molecule has 1 heterocycles. The number of rotatable bonds is 6. The van der Waals surface area contributed by atoms with Crippen molar-refractivity contribution in [3.8, 4) is 23.8 Å². The van der Waals surface area contributed by atoms with Crippen LogP contribution in [0.15, 0.2) is 51.8 Å². The Kier molecular flexibility index (Phi) is 6.79. The number of benzene rings is 2. The van der Waals surface area contributed by atoms with Gasteiger partial charge in [0.1, 0.15) is 6.61 Å². The first-order chi connectivity index (χ1) is 13.5. The lowest BCUT2D eigenvalue weighted by atomic mass is 10.1. The molecule has 0 N–H and O–H groups in total. The molecule has 0 saturated carbocycles. The van der Waals surface area contributed by atoms with Crippen molar-refractivity contribution in [1.82, 2.24) is 0 Å². The van der Waals surface area contributed by atoms with Gasteiger partial charge in [-0.15, -0.1) is 6.42 Å². The summed E-state index contributed by atoms with van der Waals surface area (Å²) >= 11 is 10.2. The molecule has 4 nitrogen and oxygen atoms in total. The lowest BCUT2D eigenvalue weighted by Gasteiger charge is -2.14. The Hall–Kier alpha value is -2.27. The summed E-state index contributed by atoms with van der Waals surface area (Å²) in [6.45, 7) is 2.50. The Morgan fingerprint density at radius 3 is 2.64 bits per heavy atom. The van der Waals surface area contributed by atoms with Crippen LogP contribution in [0.5, 0.6) is 11.5 Å². The number of terminal acetylenes is 1. The smallest absolute Gasteiger partial charge is 0.270 e. The van der Waals surface area contributed by atoms with Gasteiger partial charge in [-0.3, -0.25) is 9.69 Å². The van der Waals surface area contributed by atoms with E-state index in [2.05, 4.69) is 21.9 Å². The molecule has 0 bridgehead atoms. The summed E-state index contributed by atoms with van der Waals surface area (Å²) in [5.41, 5.74) is 1.53. The van der Waals surface area contributed by atoms with Crippen molar-refractivity contribution in [2.45, 2.75) is 6.92 Å². The highest BCUT2D eigenvalue weighted by atomic mass is 79.9. The van der Waals surface area contributed by atoms with E-state index in [1.165, 1.54) is 16.7 Å². The fraction of sp³-hybridized carbons (Fsp3) is 0.143. The molecule has 0 atom stereocenters. The van der Waals surface area contributed by atoms with Crippen LogP contribution < -0.4 is 14.4 Å². The molecule has 1 fully saturated rings. The van der Waals surface area contributed by atoms with Crippen molar-refractivity contribution in [3.05, 3.63) is 57.4 Å². The second-order valence-electron chi connectivity index (χ2n) is 5.60. The van der Waals surface area contributed by atoms with Gasteiger partial charge in [0, 0.05) is 4.47 Å². The van der Waals surface area contributed by atoms with Crippen LogP contribution in [0.3, 0.4) is 0 Å². The molecule has 1 amide bonds. The van der Waals surface area contributed by atoms with E-state index in [1.807, 2.05) is 43.3 Å². The Balaban J connectivity index is 1.95. The fourth-order valence-corrected chi connectivity index (χ4v) is 4.30. The van der Waals surface area contributed by atoms with Crippen LogP contribution in [0, 0.1) is 12.3 Å². The number of para-hydroxylation sites is 1. The van der Waals surface area contributed by atoms with Crippen molar-refractivity contribution in [2.24, 2.45) is 0 Å². The van der Waals surface area contributed by atoms with Gasteiger partial charge in [0.05, 0.1) is 17.2 Å². The second kappa shape index (κ2) is 9.28. The molecule has 1 saturated heterocycles. The van der Waals surface area contributed by atoms with Gasteiger partial charge in [-0.2, -0.15) is 0 Å². The molecule has 0 unspecified atom stereocenters. The van der Waals surface area contributed by atoms with Crippen molar-refractivity contribution in [3.63, 3.8) is 0 Å². The molecule has 2 aromatic rings. The first-order valence-corrected chi connectivity index (χ1v) is 10.4. The Morgan fingerprint density at radius 1 is 1.25 bits per heavy atom. The van der Waals surface area contributed by atoms with Gasteiger partial charge in [0.2, 0.25) is 0 Å². The number of ether oxygens (including phenoxy) is 2. The number of hydrogen-bond acceptors (Lipinski definition) is 5. The van der Waals surface area contributed by atoms with Crippen LogP contribution in [0.1, 0.15) is 12.5 Å². The van der Waals surface area contributed by atoms with Crippen molar-refractivity contribution in [2.75, 3.05) is 18.1 Å². The highest BCUT2D eigenvalue weighted by Gasteiger charge is 2.33. The monoisotopic (exact) mass is 473 g/mol. The number of halogens is 1. The van der Waals surface area contributed by atoms with Crippen molar-refractivity contribution in [1.29, 1.82) is 0 Å². The van der Waals surface area contributed by atoms with Gasteiger partial charge in [-0.1, -0.05) is 64.0 Å². The normalized spacial score (nSPS) is 15.0. The SMILES string of the molecule is C#CCOc1cc(Br)c(/C=C2/SC(=S)N(c3ccccc3)C2=O)cc1OCC. The molecule has 0 aromatic heterocycles. The minimum Gasteiger partial charge on any atom is -0.490 e. The van der Waals surface area contributed by atoms with Gasteiger partial charge in [0.15, 0.2) is 15.8 Å². The summed E-state index contributed by atoms with van der Waals surface area (Å²) in [6, 6.07) is 12.9. The van der Waals surface area contributed by atoms with E-state index in [4.69, 9.17) is 28.1 Å². The lowest BCUT2D eigenvalue weighted by Crippen LogP contribution is -2.27. The van der Waals surface area contributed by atoms with E-state index in [1.54, 1.807) is 12.1 Å². The third-order valence-electron chi connectivity index (χ3n) is 3.77. The van der Waals surface area contributed by atoms with E-state index in [-0.39, 0.29) is 12.5 Å². The number of thioether (sulfide) groups is 1. The maximum absolute atomic E-state index is 12.9. The Morgan fingerprint density at radius 2 is 1.96 bits per heavy atom. The highest BCUT2D eigenvalue weighted by Crippen LogP contribution is 2.39. The summed E-state index contributed by atoms with van der Waals surface area (Å²) in [5, 5.41) is 0. The summed E-state index contributed by atoms with van der Waals surface area (Å²) in [5.74, 6) is 3.39. The number of carbonyl (C=O) groups excluding carboxylic acids is 1. The van der Waals surface area contributed by atoms with E-state index >= 15 is 0 Å². The lowest BCUT2D eigenvalue weighted by molar-refractivity contribution is -0.113. The largest absolute Gasteiger partial charge is 0.490 e. The molecular weight excluding hydrogens is 458 g/mol. The molecule has 2 aromatic carbocycles. The summed E-state index contributed by atoms with van der Waals surface area (Å²) in [4.78, 5) is 15.0. The molecule has 142 valence electrons. The predicted molar refractivity (Wildman–Crippen MR) is 122 cm³/mol. The minimum absolute atomic E-state index is 0.140. The van der Waals surface area contributed by atoms with Gasteiger partial charge >= 0.3 is 0 Å². The minimum atomic E-state index is -0.154. The van der Waals surface area contributed by atoms with Gasteiger partial charge in [-0.25, -0.2) is 0 Å². The molecule has 0 aliphatic carbocycles. The van der Waals surface area contributed by atoms with Crippen LogP contribution in [0.4, 0.5) is 5.69 Å². The third-order valence-corrected chi connectivity index (χ3v) is 5.76. The molecule has 0 spiro atoms. The molecule has 0 radical (unpaired) electrons. The second-order valence-corrected chi connectivity index (χ2v) is 8.13. The first kappa shape index (κ1) is 20.5. The topological polar surface area (TPSA) is 38.8 Å². The number of nitrogens with zero attached hydrogens (tertiary/aromatic N) is 1. The predicted octanol–water partition coefficient (Wildman–Crippen LogP) is 5.27. The molecule has 28 heavy (non-hydrogen) atoms. The zero-order valence-corrected chi connectivity index (χ0v) is 18.2. The molecular formula is C21H16BrNO3S2. The van der Waals surface area contributed by atoms with E-state index in [9.17, 15) is 4.79 Å². The quantitative estimate of drug-likeness (QED) is 0.324. The Labute approximate surface area is 182 Å². The molecule has 7 heteroatoms. The zero-order valence-electron chi connectivity index (χ0n) is 15.0. The van der Waals surface area contributed by atoms with Crippen LogP contribution in [0.2, 0.25) is 0 Å². The number of thiocarbonyl (C=S) groups is 1. The maximum Gasteiger partial charge on any atom is 0.270 e. The van der Waals surface area contributed by atoms with Gasteiger partial charge in [-0.05, 0) is 42.8 Å². The molecule has 3 rings (SSSR count). The fourth-order valence-electron chi connectivity index (χ4n) is 2.57.